The molecular weight excluding hydrogens is 262 g/mol. The van der Waals surface area contributed by atoms with Gasteiger partial charge in [-0.1, -0.05) is 5.21 Å². The van der Waals surface area contributed by atoms with E-state index in [0.717, 1.165) is 5.56 Å². The fraction of sp³-hybridized carbons (Fsp3) is 0.333. The number of nitrogens with zero attached hydrogens (tertiary/aromatic N) is 4. The number of hydrogen-bond donors (Lipinski definition) is 1. The van der Waals surface area contributed by atoms with E-state index in [1.807, 2.05) is 0 Å². The zero-order valence-corrected chi connectivity index (χ0v) is 11.0. The van der Waals surface area contributed by atoms with Crippen LogP contribution in [0.3, 0.4) is 0 Å². The molecule has 8 heteroatoms. The van der Waals surface area contributed by atoms with Crippen LogP contribution in [-0.2, 0) is 13.1 Å². The molecule has 0 saturated carbocycles. The number of ether oxygens (including phenoxy) is 1. The summed E-state index contributed by atoms with van der Waals surface area (Å²) >= 11 is 0. The van der Waals surface area contributed by atoms with E-state index in [1.54, 1.807) is 23.1 Å². The monoisotopic (exact) mass is 277 g/mol. The maximum atomic E-state index is 10.8. The molecule has 0 radical (unpaired) electrons. The van der Waals surface area contributed by atoms with Crippen LogP contribution in [0.4, 0.5) is 5.69 Å². The number of rotatable bonds is 7. The highest BCUT2D eigenvalue weighted by Gasteiger charge is 2.09. The van der Waals surface area contributed by atoms with E-state index in [-0.39, 0.29) is 5.69 Å². The molecule has 1 heterocycles. The molecule has 106 valence electrons. The molecule has 0 saturated heterocycles. The van der Waals surface area contributed by atoms with Gasteiger partial charge in [0.15, 0.2) is 0 Å². The van der Waals surface area contributed by atoms with Crippen LogP contribution in [-0.4, -0.2) is 33.6 Å². The summed E-state index contributed by atoms with van der Waals surface area (Å²) in [5.41, 5.74) is 0.826. The Labute approximate surface area is 115 Å². The third kappa shape index (κ3) is 3.75. The van der Waals surface area contributed by atoms with Gasteiger partial charge in [0.1, 0.15) is 5.75 Å². The molecular formula is C12H15N5O3. The number of aromatic nitrogens is 3. The van der Waals surface area contributed by atoms with Crippen LogP contribution < -0.4 is 10.1 Å². The molecule has 0 atom stereocenters. The number of nitro groups is 1. The molecule has 0 aliphatic carbocycles. The topological polar surface area (TPSA) is 95.1 Å². The van der Waals surface area contributed by atoms with Crippen molar-refractivity contribution in [3.8, 4) is 5.75 Å². The SMILES string of the molecule is COc1cc(CNCCn2ccnn2)cc([N+](=O)[O-])c1. The van der Waals surface area contributed by atoms with Crippen LogP contribution in [0, 0.1) is 10.1 Å². The van der Waals surface area contributed by atoms with Crippen molar-refractivity contribution in [3.63, 3.8) is 0 Å². The summed E-state index contributed by atoms with van der Waals surface area (Å²) in [7, 11) is 1.49. The normalized spacial score (nSPS) is 10.4. The Morgan fingerprint density at radius 2 is 2.30 bits per heavy atom. The molecule has 0 unspecified atom stereocenters. The Kier molecular flexibility index (Phi) is 4.61. The van der Waals surface area contributed by atoms with Crippen molar-refractivity contribution >= 4 is 5.69 Å². The van der Waals surface area contributed by atoms with Gasteiger partial charge in [-0.2, -0.15) is 0 Å². The molecule has 0 aliphatic heterocycles. The van der Waals surface area contributed by atoms with Crippen molar-refractivity contribution in [2.45, 2.75) is 13.1 Å². The molecule has 1 aromatic carbocycles. The average molecular weight is 277 g/mol. The first-order valence-electron chi connectivity index (χ1n) is 6.06. The van der Waals surface area contributed by atoms with Gasteiger partial charge in [0.25, 0.3) is 5.69 Å². The van der Waals surface area contributed by atoms with Gasteiger partial charge in [-0.3, -0.25) is 14.8 Å². The smallest absolute Gasteiger partial charge is 0.273 e. The van der Waals surface area contributed by atoms with Crippen molar-refractivity contribution in [2.24, 2.45) is 0 Å². The minimum absolute atomic E-state index is 0.0254. The minimum Gasteiger partial charge on any atom is -0.496 e. The Balaban J connectivity index is 1.91. The molecule has 0 aliphatic rings. The van der Waals surface area contributed by atoms with Crippen molar-refractivity contribution in [3.05, 3.63) is 46.3 Å². The predicted octanol–water partition coefficient (Wildman–Crippen LogP) is 0.985. The fourth-order valence-electron chi connectivity index (χ4n) is 1.75. The minimum atomic E-state index is -0.429. The maximum Gasteiger partial charge on any atom is 0.273 e. The molecule has 2 aromatic rings. The van der Waals surface area contributed by atoms with Crippen molar-refractivity contribution in [1.82, 2.24) is 20.3 Å². The van der Waals surface area contributed by atoms with Crippen LogP contribution in [0.2, 0.25) is 0 Å². The number of nitrogens with one attached hydrogen (secondary N) is 1. The highest BCUT2D eigenvalue weighted by atomic mass is 16.6. The molecule has 2 rings (SSSR count). The summed E-state index contributed by atoms with van der Waals surface area (Å²) in [6, 6.07) is 4.71. The predicted molar refractivity (Wildman–Crippen MR) is 71.4 cm³/mol. The quantitative estimate of drug-likeness (QED) is 0.460. The maximum absolute atomic E-state index is 10.8. The van der Waals surface area contributed by atoms with Gasteiger partial charge < -0.3 is 10.1 Å². The molecule has 0 spiro atoms. The van der Waals surface area contributed by atoms with E-state index >= 15 is 0 Å². The second kappa shape index (κ2) is 6.62. The Morgan fingerprint density at radius 1 is 1.45 bits per heavy atom. The lowest BCUT2D eigenvalue weighted by Gasteiger charge is -2.07. The molecule has 20 heavy (non-hydrogen) atoms. The lowest BCUT2D eigenvalue weighted by Crippen LogP contribution is -2.19. The molecule has 0 fully saturated rings. The van der Waals surface area contributed by atoms with Crippen LogP contribution in [0.1, 0.15) is 5.56 Å². The summed E-state index contributed by atoms with van der Waals surface area (Å²) in [6.45, 7) is 1.90. The van der Waals surface area contributed by atoms with E-state index < -0.39 is 4.92 Å². The van der Waals surface area contributed by atoms with Gasteiger partial charge in [-0.15, -0.1) is 5.10 Å². The lowest BCUT2D eigenvalue weighted by atomic mass is 10.2. The molecule has 8 nitrogen and oxygen atoms in total. The summed E-state index contributed by atoms with van der Waals surface area (Å²) in [5.74, 6) is 0.479. The van der Waals surface area contributed by atoms with Gasteiger partial charge >= 0.3 is 0 Å². The first-order chi connectivity index (χ1) is 9.69. The van der Waals surface area contributed by atoms with Crippen molar-refractivity contribution in [2.75, 3.05) is 13.7 Å². The van der Waals surface area contributed by atoms with Gasteiger partial charge in [-0.25, -0.2) is 0 Å². The largest absolute Gasteiger partial charge is 0.496 e. The zero-order chi connectivity index (χ0) is 14.4. The van der Waals surface area contributed by atoms with E-state index in [2.05, 4.69) is 15.6 Å². The molecule has 0 bridgehead atoms. The number of benzene rings is 1. The standard InChI is InChI=1S/C12H15N5O3/c1-20-12-7-10(6-11(8-12)17(18)19)9-13-2-4-16-5-3-14-15-16/h3,5-8,13H,2,4,9H2,1H3. The number of methoxy groups -OCH3 is 1. The van der Waals surface area contributed by atoms with E-state index in [1.165, 1.54) is 19.2 Å². The van der Waals surface area contributed by atoms with E-state index in [9.17, 15) is 10.1 Å². The van der Waals surface area contributed by atoms with E-state index in [4.69, 9.17) is 4.74 Å². The number of nitro benzene ring substituents is 1. The highest BCUT2D eigenvalue weighted by molar-refractivity contribution is 5.42. The molecule has 0 amide bonds. The van der Waals surface area contributed by atoms with Gasteiger partial charge in [0.05, 0.1) is 30.8 Å². The first-order valence-corrected chi connectivity index (χ1v) is 6.06. The second-order valence-electron chi connectivity index (χ2n) is 4.14. The summed E-state index contributed by atoms with van der Waals surface area (Å²) in [4.78, 5) is 10.4. The zero-order valence-electron chi connectivity index (χ0n) is 11.0. The fourth-order valence-corrected chi connectivity index (χ4v) is 1.75. The summed E-state index contributed by atoms with van der Waals surface area (Å²) in [6.07, 6.45) is 3.39. The third-order valence-electron chi connectivity index (χ3n) is 2.72. The van der Waals surface area contributed by atoms with Crippen LogP contribution in [0.5, 0.6) is 5.75 Å². The van der Waals surface area contributed by atoms with Gasteiger partial charge in [-0.05, 0) is 11.6 Å². The van der Waals surface area contributed by atoms with E-state index in [0.29, 0.717) is 25.4 Å². The number of hydrogen-bond acceptors (Lipinski definition) is 6. The van der Waals surface area contributed by atoms with Crippen molar-refractivity contribution in [1.29, 1.82) is 0 Å². The summed E-state index contributed by atoms with van der Waals surface area (Å²) < 4.78 is 6.77. The number of non-ortho nitro benzene ring substituents is 1. The van der Waals surface area contributed by atoms with Crippen LogP contribution in [0.15, 0.2) is 30.6 Å². The van der Waals surface area contributed by atoms with Crippen molar-refractivity contribution < 1.29 is 9.66 Å². The Hall–Kier alpha value is -2.48. The average Bonchev–Trinajstić information content (AvgIpc) is 2.96. The molecule has 1 aromatic heterocycles. The van der Waals surface area contributed by atoms with Crippen LogP contribution >= 0.6 is 0 Å². The Bertz CT molecular complexity index is 570. The molecule has 1 N–H and O–H groups in total. The third-order valence-corrected chi connectivity index (χ3v) is 2.72. The Morgan fingerprint density at radius 3 is 2.95 bits per heavy atom. The van der Waals surface area contributed by atoms with Crippen LogP contribution in [0.25, 0.3) is 0 Å². The first kappa shape index (κ1) is 13.9. The second-order valence-corrected chi connectivity index (χ2v) is 4.14. The van der Waals surface area contributed by atoms with Gasteiger partial charge in [0, 0.05) is 25.4 Å². The van der Waals surface area contributed by atoms with Gasteiger partial charge in [0.2, 0.25) is 0 Å². The highest BCUT2D eigenvalue weighted by Crippen LogP contribution is 2.22. The lowest BCUT2D eigenvalue weighted by molar-refractivity contribution is -0.385. The summed E-state index contributed by atoms with van der Waals surface area (Å²) in [5, 5.41) is 21.6.